The van der Waals surface area contributed by atoms with Crippen molar-refractivity contribution in [2.75, 3.05) is 13.2 Å². The third-order valence-electron chi connectivity index (χ3n) is 7.29. The molecular weight excluding hydrogens is 510 g/mol. The zero-order valence-electron chi connectivity index (χ0n) is 27.1. The molecule has 40 heavy (non-hydrogen) atoms. The van der Waals surface area contributed by atoms with Gasteiger partial charge in [-0.25, -0.2) is 0 Å². The van der Waals surface area contributed by atoms with Crippen LogP contribution in [0.2, 0.25) is 0 Å². The van der Waals surface area contributed by atoms with Gasteiger partial charge in [0, 0.05) is 13.0 Å². The first-order chi connectivity index (χ1) is 19.1. The first-order valence-corrected chi connectivity index (χ1v) is 16.4. The Balaban J connectivity index is 6.42. The van der Waals surface area contributed by atoms with Crippen LogP contribution in [0.25, 0.3) is 0 Å². The molecule has 0 aromatic carbocycles. The number of carbonyl (C=O) groups is 1. The fraction of sp³-hybridized carbons (Fsp3) is 0.969. The Bertz CT molecular complexity index is 618. The summed E-state index contributed by atoms with van der Waals surface area (Å²) < 4.78 is 26.1. The second-order valence-electron chi connectivity index (χ2n) is 11.5. The molecule has 1 amide bonds. The van der Waals surface area contributed by atoms with E-state index in [1.54, 1.807) is 13.8 Å². The quantitative estimate of drug-likeness (QED) is 0.0695. The van der Waals surface area contributed by atoms with Crippen LogP contribution in [-0.2, 0) is 23.7 Å². The first kappa shape index (κ1) is 39.2. The van der Waals surface area contributed by atoms with E-state index in [1.165, 1.54) is 38.5 Å². The molecule has 0 aromatic rings. The van der Waals surface area contributed by atoms with E-state index >= 15 is 0 Å². The maximum Gasteiger partial charge on any atom is 0.305 e. The van der Waals surface area contributed by atoms with Crippen molar-refractivity contribution in [1.29, 1.82) is 0 Å². The number of hydrogen-bond donors (Lipinski definition) is 3. The highest BCUT2D eigenvalue weighted by atomic mass is 16.8. The largest absolute Gasteiger partial charge is 0.393 e. The van der Waals surface area contributed by atoms with Crippen molar-refractivity contribution < 1.29 is 34.0 Å². The highest BCUT2D eigenvalue weighted by Crippen LogP contribution is 2.41. The van der Waals surface area contributed by atoms with Crippen molar-refractivity contribution in [2.45, 2.75) is 187 Å². The summed E-state index contributed by atoms with van der Waals surface area (Å²) in [6, 6.07) is 0. The molecule has 0 aliphatic rings. The number of primary amides is 1. The molecule has 0 rings (SSSR count). The molecule has 0 bridgehead atoms. The van der Waals surface area contributed by atoms with Crippen LogP contribution in [0.4, 0.5) is 0 Å². The number of aliphatic hydroxyl groups is 2. The molecule has 0 aromatic heterocycles. The van der Waals surface area contributed by atoms with Gasteiger partial charge in [-0.2, -0.15) is 0 Å². The molecule has 0 fully saturated rings. The molecule has 240 valence electrons. The Hall–Kier alpha value is -0.770. The van der Waals surface area contributed by atoms with Gasteiger partial charge in [0.1, 0.15) is 0 Å². The molecule has 0 heterocycles. The maximum absolute atomic E-state index is 13.5. The molecule has 6 atom stereocenters. The third kappa shape index (κ3) is 14.4. The molecule has 6 unspecified atom stereocenters. The Labute approximate surface area is 246 Å². The molecule has 0 saturated heterocycles. The van der Waals surface area contributed by atoms with Crippen molar-refractivity contribution in [3.63, 3.8) is 0 Å². The number of unbranched alkanes of at least 4 members (excludes halogenated alkanes) is 8. The second-order valence-corrected chi connectivity index (χ2v) is 11.5. The Kier molecular flexibility index (Phi) is 22.3. The molecule has 0 spiro atoms. The second kappa shape index (κ2) is 22.8. The van der Waals surface area contributed by atoms with Crippen molar-refractivity contribution in [2.24, 2.45) is 5.73 Å². The van der Waals surface area contributed by atoms with Gasteiger partial charge in [0.2, 0.25) is 5.79 Å². The molecule has 4 N–H and O–H groups in total. The van der Waals surface area contributed by atoms with Gasteiger partial charge in [-0.3, -0.25) is 4.79 Å². The lowest BCUT2D eigenvalue weighted by atomic mass is 9.94. The monoisotopic (exact) mass is 575 g/mol. The smallest absolute Gasteiger partial charge is 0.305 e. The van der Waals surface area contributed by atoms with Gasteiger partial charge in [-0.1, -0.05) is 86.0 Å². The van der Waals surface area contributed by atoms with Gasteiger partial charge in [0.05, 0.1) is 31.0 Å². The maximum atomic E-state index is 13.5. The summed E-state index contributed by atoms with van der Waals surface area (Å²) >= 11 is 0. The topological polar surface area (TPSA) is 120 Å². The van der Waals surface area contributed by atoms with Crippen molar-refractivity contribution >= 4 is 5.91 Å². The number of nitrogens with two attached hydrogens (primary N) is 1. The van der Waals surface area contributed by atoms with E-state index in [-0.39, 0.29) is 6.61 Å². The van der Waals surface area contributed by atoms with E-state index in [4.69, 9.17) is 24.7 Å². The summed E-state index contributed by atoms with van der Waals surface area (Å²) in [5, 5.41) is 20.4. The number of carbonyl (C=O) groups excluding carboxylic acids is 1. The SMILES string of the molecule is CCCCCCCCCCCC(OCCC)(OC(CC)CC(C)O)C(OCCC)(OC(CC)CC(C)O)C(N)=O. The van der Waals surface area contributed by atoms with Gasteiger partial charge >= 0.3 is 5.79 Å². The molecule has 0 radical (unpaired) electrons. The van der Waals surface area contributed by atoms with Crippen molar-refractivity contribution in [1.82, 2.24) is 0 Å². The summed E-state index contributed by atoms with van der Waals surface area (Å²) in [6.45, 7) is 14.1. The standard InChI is InChI=1S/C32H65NO7/c1-8-13-14-15-16-17-18-19-20-21-31(37-22-9-2,39-28(11-4)24-26(6)34)32(30(33)36,38-23-10-3)40-29(12-5)25-27(7)35/h26-29,34-35H,8-25H2,1-7H3,(H2,33,36). The Morgan fingerprint density at radius 2 is 1.12 bits per heavy atom. The van der Waals surface area contributed by atoms with Crippen LogP contribution >= 0.6 is 0 Å². The van der Waals surface area contributed by atoms with E-state index in [1.807, 2.05) is 27.7 Å². The lowest BCUT2D eigenvalue weighted by Gasteiger charge is -2.49. The predicted octanol–water partition coefficient (Wildman–Crippen LogP) is 6.77. The minimum absolute atomic E-state index is 0.222. The molecule has 0 saturated carbocycles. The Morgan fingerprint density at radius 1 is 0.675 bits per heavy atom. The van der Waals surface area contributed by atoms with Crippen LogP contribution in [0.1, 0.15) is 151 Å². The van der Waals surface area contributed by atoms with Gasteiger partial charge < -0.3 is 34.9 Å². The van der Waals surface area contributed by atoms with Crippen LogP contribution in [-0.4, -0.2) is 65.3 Å². The summed E-state index contributed by atoms with van der Waals surface area (Å²) in [5.74, 6) is -4.42. The highest BCUT2D eigenvalue weighted by Gasteiger charge is 2.62. The number of amides is 1. The number of rotatable bonds is 28. The summed E-state index contributed by atoms with van der Waals surface area (Å²) in [5.41, 5.74) is 6.17. The van der Waals surface area contributed by atoms with Gasteiger partial charge in [-0.05, 0) is 58.8 Å². The average Bonchev–Trinajstić information content (AvgIpc) is 2.91. The van der Waals surface area contributed by atoms with Crippen LogP contribution in [0.5, 0.6) is 0 Å². The zero-order valence-corrected chi connectivity index (χ0v) is 27.1. The zero-order chi connectivity index (χ0) is 30.4. The van der Waals surface area contributed by atoms with E-state index in [9.17, 15) is 15.0 Å². The minimum atomic E-state index is -2.01. The van der Waals surface area contributed by atoms with Gasteiger partial charge in [0.25, 0.3) is 5.91 Å². The fourth-order valence-corrected chi connectivity index (χ4v) is 5.10. The highest BCUT2D eigenvalue weighted by molar-refractivity contribution is 5.83. The summed E-state index contributed by atoms with van der Waals surface area (Å²) in [7, 11) is 0. The van der Waals surface area contributed by atoms with Crippen LogP contribution < -0.4 is 5.73 Å². The first-order valence-electron chi connectivity index (χ1n) is 16.4. The average molecular weight is 576 g/mol. The lowest BCUT2D eigenvalue weighted by Crippen LogP contribution is -2.69. The van der Waals surface area contributed by atoms with Gasteiger partial charge in [-0.15, -0.1) is 0 Å². The fourth-order valence-electron chi connectivity index (χ4n) is 5.10. The number of ether oxygens (including phenoxy) is 4. The van der Waals surface area contributed by atoms with E-state index < -0.39 is 41.9 Å². The Morgan fingerprint density at radius 3 is 1.55 bits per heavy atom. The van der Waals surface area contributed by atoms with Crippen LogP contribution in [0.15, 0.2) is 0 Å². The van der Waals surface area contributed by atoms with Crippen LogP contribution in [0.3, 0.4) is 0 Å². The normalized spacial score (nSPS) is 18.0. The lowest BCUT2D eigenvalue weighted by molar-refractivity contribution is -0.412. The number of hydrogen-bond acceptors (Lipinski definition) is 7. The molecule has 0 aliphatic heterocycles. The minimum Gasteiger partial charge on any atom is -0.393 e. The molecule has 8 heteroatoms. The predicted molar refractivity (Wildman–Crippen MR) is 162 cm³/mol. The van der Waals surface area contributed by atoms with Crippen LogP contribution in [0, 0.1) is 0 Å². The van der Waals surface area contributed by atoms with Crippen molar-refractivity contribution in [3.8, 4) is 0 Å². The molecular formula is C32H65NO7. The van der Waals surface area contributed by atoms with Crippen molar-refractivity contribution in [3.05, 3.63) is 0 Å². The van der Waals surface area contributed by atoms with E-state index in [0.29, 0.717) is 51.6 Å². The number of aliphatic hydroxyl groups excluding tert-OH is 2. The van der Waals surface area contributed by atoms with E-state index in [2.05, 4.69) is 6.92 Å². The summed E-state index contributed by atoms with van der Waals surface area (Å²) in [4.78, 5) is 13.5. The van der Waals surface area contributed by atoms with E-state index in [0.717, 1.165) is 19.3 Å². The van der Waals surface area contributed by atoms with Gasteiger partial charge in [0.15, 0.2) is 0 Å². The molecule has 8 nitrogen and oxygen atoms in total. The third-order valence-corrected chi connectivity index (χ3v) is 7.29. The summed E-state index contributed by atoms with van der Waals surface area (Å²) in [6.07, 6.45) is 11.7. The molecule has 0 aliphatic carbocycles.